The lowest BCUT2D eigenvalue weighted by molar-refractivity contribution is 0.765. The average Bonchev–Trinajstić information content (AvgIpc) is 3.31. The molecule has 8 aromatic rings. The van der Waals surface area contributed by atoms with Crippen LogP contribution in [0.4, 0.5) is 5.69 Å². The van der Waals surface area contributed by atoms with Crippen LogP contribution in [0, 0.1) is 0 Å². The third kappa shape index (κ3) is 7.92. The summed E-state index contributed by atoms with van der Waals surface area (Å²) < 4.78 is 0. The van der Waals surface area contributed by atoms with Crippen molar-refractivity contribution in [2.75, 3.05) is 5.01 Å². The van der Waals surface area contributed by atoms with Crippen molar-refractivity contribution in [1.82, 2.24) is 5.53 Å². The molecule has 278 valence electrons. The van der Waals surface area contributed by atoms with Crippen LogP contribution >= 0.6 is 0 Å². The fraction of sp³-hybridized carbons (Fsp3) is 0.0196. The number of nitrogens with one attached hydrogen (secondary N) is 1. The Bertz CT molecular complexity index is 2800. The van der Waals surface area contributed by atoms with E-state index in [0.717, 1.165) is 67.0 Å². The summed E-state index contributed by atoms with van der Waals surface area (Å²) in [6.07, 6.45) is 0. The van der Waals surface area contributed by atoms with E-state index in [1.54, 1.807) is 0 Å². The number of amidine groups is 4. The van der Waals surface area contributed by atoms with Crippen LogP contribution in [0.2, 0.25) is 0 Å². The van der Waals surface area contributed by atoms with E-state index in [9.17, 15) is 0 Å². The summed E-state index contributed by atoms with van der Waals surface area (Å²) in [4.78, 5) is 14.7. The first-order valence-corrected chi connectivity index (χ1v) is 19.2. The zero-order valence-electron chi connectivity index (χ0n) is 31.7. The van der Waals surface area contributed by atoms with Crippen LogP contribution in [0.25, 0.3) is 33.0 Å². The largest absolute Gasteiger partial charge is 0.383 e. The van der Waals surface area contributed by atoms with Crippen molar-refractivity contribution in [2.24, 2.45) is 25.8 Å². The van der Waals surface area contributed by atoms with Gasteiger partial charge in [0.2, 0.25) is 0 Å². The second-order valence-corrected chi connectivity index (χ2v) is 13.9. The van der Waals surface area contributed by atoms with E-state index < -0.39 is 0 Å². The van der Waals surface area contributed by atoms with Gasteiger partial charge in [-0.05, 0) is 62.9 Å². The van der Waals surface area contributed by atoms with Gasteiger partial charge in [-0.25, -0.2) is 20.5 Å². The molecular weight excluding hydrogens is 711 g/mol. The van der Waals surface area contributed by atoms with E-state index in [0.29, 0.717) is 24.1 Å². The smallest absolute Gasteiger partial charge is 0.183 e. The Morgan fingerprint density at radius 1 is 0.500 bits per heavy atom. The van der Waals surface area contributed by atoms with Crippen LogP contribution < -0.4 is 16.3 Å². The summed E-state index contributed by atoms with van der Waals surface area (Å²) in [5.41, 5.74) is 20.0. The third-order valence-corrected chi connectivity index (χ3v) is 10.1. The van der Waals surface area contributed by atoms with Crippen molar-refractivity contribution in [1.29, 1.82) is 0 Å². The van der Waals surface area contributed by atoms with Gasteiger partial charge >= 0.3 is 0 Å². The average molecular weight is 750 g/mol. The van der Waals surface area contributed by atoms with Gasteiger partial charge in [-0.3, -0.25) is 4.99 Å². The lowest BCUT2D eigenvalue weighted by atomic mass is 9.96. The van der Waals surface area contributed by atoms with Crippen molar-refractivity contribution in [3.8, 4) is 22.3 Å². The van der Waals surface area contributed by atoms with Gasteiger partial charge in [0.15, 0.2) is 17.5 Å². The second-order valence-electron chi connectivity index (χ2n) is 13.9. The fourth-order valence-corrected chi connectivity index (χ4v) is 6.94. The number of hydrazine groups is 1. The first-order chi connectivity index (χ1) is 28.6. The molecule has 3 N–H and O–H groups in total. The highest BCUT2D eigenvalue weighted by Crippen LogP contribution is 2.30. The molecule has 0 aromatic heterocycles. The monoisotopic (exact) mass is 749 g/mol. The molecule has 7 nitrogen and oxygen atoms in total. The van der Waals surface area contributed by atoms with Gasteiger partial charge in [-0.2, -0.15) is 0 Å². The van der Waals surface area contributed by atoms with Gasteiger partial charge < -0.3 is 5.73 Å². The molecule has 1 heterocycles. The molecule has 0 bridgehead atoms. The number of hydrogen-bond acceptors (Lipinski definition) is 5. The molecule has 8 aromatic carbocycles. The minimum atomic E-state index is 0.417. The summed E-state index contributed by atoms with van der Waals surface area (Å²) in [5.74, 6) is 2.42. The van der Waals surface area contributed by atoms with E-state index in [1.807, 2.05) is 114 Å². The van der Waals surface area contributed by atoms with Gasteiger partial charge in [-0.1, -0.05) is 182 Å². The van der Waals surface area contributed by atoms with Crippen molar-refractivity contribution in [2.45, 2.75) is 6.54 Å². The molecule has 9 rings (SSSR count). The molecule has 0 atom stereocenters. The first-order valence-electron chi connectivity index (χ1n) is 19.2. The van der Waals surface area contributed by atoms with Gasteiger partial charge in [-0.15, -0.1) is 5.10 Å². The molecule has 0 saturated heterocycles. The maximum absolute atomic E-state index is 6.60. The fourth-order valence-electron chi connectivity index (χ4n) is 6.94. The maximum Gasteiger partial charge on any atom is 0.183 e. The van der Waals surface area contributed by atoms with E-state index >= 15 is 0 Å². The number of nitrogens with zero attached hydrogens (tertiary/aromatic N) is 5. The Labute approximate surface area is 337 Å². The van der Waals surface area contributed by atoms with Gasteiger partial charge in [0.1, 0.15) is 5.84 Å². The number of hydrazone groups is 1. The number of rotatable bonds is 9. The minimum Gasteiger partial charge on any atom is -0.383 e. The summed E-state index contributed by atoms with van der Waals surface area (Å²) in [5, 5.41) is 8.90. The van der Waals surface area contributed by atoms with Gasteiger partial charge in [0.25, 0.3) is 0 Å². The van der Waals surface area contributed by atoms with Crippen LogP contribution in [0.5, 0.6) is 0 Å². The molecule has 0 saturated carbocycles. The number of hydrogen-bond donors (Lipinski definition) is 2. The number of benzene rings is 8. The number of fused-ring (bicyclic) bond motifs is 1. The second kappa shape index (κ2) is 16.5. The van der Waals surface area contributed by atoms with Crippen molar-refractivity contribution < 1.29 is 0 Å². The Balaban J connectivity index is 0.941. The summed E-state index contributed by atoms with van der Waals surface area (Å²) in [6, 6.07) is 70.2. The molecule has 58 heavy (non-hydrogen) atoms. The standard InChI is InChI=1S/C51H39N7/c52-48(54-49(41-15-7-2-8-16-41)53-35-36-13-5-1-6-14-36)40-27-21-37(22-28-40)44-31-25-39-26-32-45(34-46(39)33-44)38-23-29-42(30-24-38)50-55-51(43-17-9-3-10-18-43)58(57-56-50)47-19-11-4-12-20-47/h1-34,57H,35H2,(H2,52,53,54). The molecule has 0 aliphatic carbocycles. The van der Waals surface area contributed by atoms with E-state index in [-0.39, 0.29) is 0 Å². The highest BCUT2D eigenvalue weighted by atomic mass is 15.7. The topological polar surface area (TPSA) is 90.7 Å². The van der Waals surface area contributed by atoms with Crippen molar-refractivity contribution in [3.05, 3.63) is 234 Å². The Kier molecular flexibility index (Phi) is 10.1. The summed E-state index contributed by atoms with van der Waals surface area (Å²) >= 11 is 0. The molecule has 0 amide bonds. The Hall–Kier alpha value is -7.90. The van der Waals surface area contributed by atoms with E-state index in [4.69, 9.17) is 20.7 Å². The summed E-state index contributed by atoms with van der Waals surface area (Å²) in [7, 11) is 0. The van der Waals surface area contributed by atoms with Crippen LogP contribution in [-0.2, 0) is 6.54 Å². The van der Waals surface area contributed by atoms with Crippen molar-refractivity contribution >= 4 is 39.8 Å². The zero-order valence-corrected chi connectivity index (χ0v) is 31.7. The zero-order chi connectivity index (χ0) is 39.1. The first kappa shape index (κ1) is 35.8. The van der Waals surface area contributed by atoms with E-state index in [1.165, 1.54) is 5.39 Å². The molecular formula is C51H39N7. The number of aliphatic imine (C=N–C) groups is 3. The lowest BCUT2D eigenvalue weighted by Crippen LogP contribution is -2.44. The van der Waals surface area contributed by atoms with Crippen LogP contribution in [0.15, 0.2) is 226 Å². The van der Waals surface area contributed by atoms with Crippen LogP contribution in [0.1, 0.15) is 27.8 Å². The van der Waals surface area contributed by atoms with Crippen LogP contribution in [-0.4, -0.2) is 23.3 Å². The molecule has 0 radical (unpaired) electrons. The quantitative estimate of drug-likeness (QED) is 0.114. The highest BCUT2D eigenvalue weighted by molar-refractivity contribution is 6.18. The van der Waals surface area contributed by atoms with Gasteiger partial charge in [0.05, 0.1) is 12.2 Å². The van der Waals surface area contributed by atoms with E-state index in [2.05, 4.69) is 108 Å². The maximum atomic E-state index is 6.60. The number of para-hydroxylation sites is 1. The molecule has 0 fully saturated rings. The molecule has 0 spiro atoms. The molecule has 1 aliphatic heterocycles. The third-order valence-electron chi connectivity index (χ3n) is 10.1. The normalized spacial score (nSPS) is 13.1. The highest BCUT2D eigenvalue weighted by Gasteiger charge is 2.21. The van der Waals surface area contributed by atoms with Crippen molar-refractivity contribution in [3.63, 3.8) is 0 Å². The predicted molar refractivity (Wildman–Crippen MR) is 240 cm³/mol. The Morgan fingerprint density at radius 2 is 1.03 bits per heavy atom. The predicted octanol–water partition coefficient (Wildman–Crippen LogP) is 10.7. The molecule has 0 unspecified atom stereocenters. The van der Waals surface area contributed by atoms with Gasteiger partial charge in [0, 0.05) is 22.3 Å². The molecule has 1 aliphatic rings. The minimum absolute atomic E-state index is 0.417. The molecule has 7 heteroatoms. The lowest BCUT2D eigenvalue weighted by Gasteiger charge is -2.28. The van der Waals surface area contributed by atoms with Crippen LogP contribution in [0.3, 0.4) is 0 Å². The Morgan fingerprint density at radius 3 is 1.67 bits per heavy atom. The summed E-state index contributed by atoms with van der Waals surface area (Å²) in [6.45, 7) is 0.517. The number of nitrogens with two attached hydrogens (primary N) is 1. The number of anilines is 1. The SMILES string of the molecule is N/C(=N\C(=N/Cc1ccccc1)c1ccccc1)c1ccc(-c2ccc3ccc(-c4ccc(C5=NNN(c6ccccc6)C(c6ccccc6)=N5)cc4)cc3c2)cc1.